The summed E-state index contributed by atoms with van der Waals surface area (Å²) in [6, 6.07) is 2.34. The number of alkyl halides is 1. The van der Waals surface area contributed by atoms with Crippen LogP contribution >= 0.6 is 23.2 Å². The molecule has 0 aliphatic heterocycles. The Labute approximate surface area is 72.7 Å². The Morgan fingerprint density at radius 3 is 2.36 bits per heavy atom. The van der Waals surface area contributed by atoms with Crippen molar-refractivity contribution in [1.29, 1.82) is 0 Å². The second-order valence-electron chi connectivity index (χ2n) is 1.98. The van der Waals surface area contributed by atoms with E-state index in [2.05, 4.69) is 0 Å². The van der Waals surface area contributed by atoms with Crippen LogP contribution in [0.4, 0.5) is 8.78 Å². The van der Waals surface area contributed by atoms with Crippen LogP contribution in [-0.4, -0.2) is 0 Å². The van der Waals surface area contributed by atoms with Crippen molar-refractivity contribution >= 4 is 23.2 Å². The lowest BCUT2D eigenvalue weighted by Gasteiger charge is -2.00. The van der Waals surface area contributed by atoms with Gasteiger partial charge in [0, 0.05) is 10.6 Å². The van der Waals surface area contributed by atoms with Crippen LogP contribution in [0.5, 0.6) is 0 Å². The zero-order valence-electron chi connectivity index (χ0n) is 5.37. The van der Waals surface area contributed by atoms with Gasteiger partial charge in [0.25, 0.3) is 0 Å². The van der Waals surface area contributed by atoms with Crippen LogP contribution in [0.25, 0.3) is 0 Å². The molecule has 0 saturated heterocycles. The molecule has 1 aromatic rings. The molecule has 1 rings (SSSR count). The lowest BCUT2D eigenvalue weighted by Crippen LogP contribution is -1.87. The van der Waals surface area contributed by atoms with Crippen LogP contribution in [0.1, 0.15) is 5.56 Å². The molecule has 0 amide bonds. The molecule has 0 aliphatic rings. The van der Waals surface area contributed by atoms with E-state index in [1.165, 1.54) is 6.07 Å². The first-order valence-corrected chi connectivity index (χ1v) is 3.60. The summed E-state index contributed by atoms with van der Waals surface area (Å²) in [5.74, 6) is -0.704. The predicted octanol–water partition coefficient (Wildman–Crippen LogP) is 3.60. The van der Waals surface area contributed by atoms with Gasteiger partial charge in [-0.25, -0.2) is 8.78 Å². The van der Waals surface area contributed by atoms with Gasteiger partial charge in [-0.05, 0) is 12.1 Å². The van der Waals surface area contributed by atoms with Crippen molar-refractivity contribution < 1.29 is 8.78 Å². The van der Waals surface area contributed by atoms with Crippen molar-refractivity contribution in [1.82, 2.24) is 0 Å². The maximum atomic E-state index is 12.7. The molecule has 11 heavy (non-hydrogen) atoms. The summed E-state index contributed by atoms with van der Waals surface area (Å²) in [6.45, 7) is -0.915. The number of benzene rings is 1. The van der Waals surface area contributed by atoms with Gasteiger partial charge in [-0.2, -0.15) is 0 Å². The fourth-order valence-corrected chi connectivity index (χ4v) is 1.22. The summed E-state index contributed by atoms with van der Waals surface area (Å²) in [5, 5.41) is 0.196. The Morgan fingerprint density at radius 1 is 1.27 bits per heavy atom. The standard InChI is InChI=1S/C7H4Cl2F2/c8-4-1-6(9)5(3-10)7(11)2-4/h1-2H,3H2. The largest absolute Gasteiger partial charge is 0.246 e. The van der Waals surface area contributed by atoms with Gasteiger partial charge in [0.2, 0.25) is 0 Å². The van der Waals surface area contributed by atoms with Gasteiger partial charge in [0.1, 0.15) is 12.5 Å². The molecular weight excluding hydrogens is 193 g/mol. The topological polar surface area (TPSA) is 0 Å². The Bertz CT molecular complexity index is 250. The summed E-state index contributed by atoms with van der Waals surface area (Å²) < 4.78 is 24.7. The van der Waals surface area contributed by atoms with Crippen molar-refractivity contribution in [3.05, 3.63) is 33.6 Å². The molecule has 0 aromatic heterocycles. The summed E-state index contributed by atoms with van der Waals surface area (Å²) in [4.78, 5) is 0. The van der Waals surface area contributed by atoms with E-state index in [1.807, 2.05) is 0 Å². The number of hydrogen-bond donors (Lipinski definition) is 0. The van der Waals surface area contributed by atoms with E-state index < -0.39 is 12.5 Å². The Morgan fingerprint density at radius 2 is 1.91 bits per heavy atom. The van der Waals surface area contributed by atoms with Crippen molar-refractivity contribution in [2.24, 2.45) is 0 Å². The molecule has 0 spiro atoms. The summed E-state index contributed by atoms with van der Waals surface area (Å²) in [5.41, 5.74) is -0.143. The minimum atomic E-state index is -0.915. The molecule has 0 fully saturated rings. The zero-order valence-corrected chi connectivity index (χ0v) is 6.89. The van der Waals surface area contributed by atoms with E-state index in [4.69, 9.17) is 23.2 Å². The van der Waals surface area contributed by atoms with Gasteiger partial charge in [-0.3, -0.25) is 0 Å². The monoisotopic (exact) mass is 196 g/mol. The SMILES string of the molecule is FCc1c(F)cc(Cl)cc1Cl. The van der Waals surface area contributed by atoms with Crippen LogP contribution < -0.4 is 0 Å². The van der Waals surface area contributed by atoms with Crippen LogP contribution in [0.3, 0.4) is 0 Å². The molecule has 0 atom stereocenters. The highest BCUT2D eigenvalue weighted by atomic mass is 35.5. The van der Waals surface area contributed by atoms with Crippen molar-refractivity contribution in [2.75, 3.05) is 0 Å². The average molecular weight is 197 g/mol. The van der Waals surface area contributed by atoms with Crippen LogP contribution in [0.2, 0.25) is 10.0 Å². The molecule has 60 valence electrons. The van der Waals surface area contributed by atoms with Gasteiger partial charge >= 0.3 is 0 Å². The molecular formula is C7H4Cl2F2. The fraction of sp³-hybridized carbons (Fsp3) is 0.143. The van der Waals surface area contributed by atoms with E-state index in [1.54, 1.807) is 0 Å². The summed E-state index contributed by atoms with van der Waals surface area (Å²) in [7, 11) is 0. The van der Waals surface area contributed by atoms with Crippen LogP contribution in [0, 0.1) is 5.82 Å². The first-order chi connectivity index (χ1) is 5.15. The van der Waals surface area contributed by atoms with E-state index in [0.29, 0.717) is 0 Å². The molecule has 0 saturated carbocycles. The minimum Gasteiger partial charge on any atom is -0.246 e. The van der Waals surface area contributed by atoms with E-state index >= 15 is 0 Å². The lowest BCUT2D eigenvalue weighted by atomic mass is 10.2. The predicted molar refractivity (Wildman–Crippen MR) is 41.2 cm³/mol. The normalized spacial score (nSPS) is 10.2. The van der Waals surface area contributed by atoms with Crippen molar-refractivity contribution in [3.63, 3.8) is 0 Å². The zero-order chi connectivity index (χ0) is 8.43. The van der Waals surface area contributed by atoms with E-state index in [-0.39, 0.29) is 15.6 Å². The highest BCUT2D eigenvalue weighted by Crippen LogP contribution is 2.24. The molecule has 0 N–H and O–H groups in total. The molecule has 1 aromatic carbocycles. The average Bonchev–Trinajstić information content (AvgIpc) is 1.85. The Kier molecular flexibility index (Phi) is 2.68. The van der Waals surface area contributed by atoms with Crippen molar-refractivity contribution in [2.45, 2.75) is 6.67 Å². The first kappa shape index (κ1) is 8.75. The summed E-state index contributed by atoms with van der Waals surface area (Å²) in [6.07, 6.45) is 0. The molecule has 4 heteroatoms. The lowest BCUT2D eigenvalue weighted by molar-refractivity contribution is 0.464. The number of hydrogen-bond acceptors (Lipinski definition) is 0. The molecule has 0 nitrogen and oxygen atoms in total. The third-order valence-corrected chi connectivity index (χ3v) is 1.79. The molecule has 0 unspecified atom stereocenters. The highest BCUT2D eigenvalue weighted by Gasteiger charge is 2.07. The molecule has 0 bridgehead atoms. The maximum absolute atomic E-state index is 12.7. The summed E-state index contributed by atoms with van der Waals surface area (Å²) >= 11 is 10.9. The molecule has 0 aliphatic carbocycles. The van der Waals surface area contributed by atoms with Gasteiger partial charge in [-0.15, -0.1) is 0 Å². The second kappa shape index (κ2) is 3.37. The third kappa shape index (κ3) is 1.82. The van der Waals surface area contributed by atoms with Gasteiger partial charge in [-0.1, -0.05) is 23.2 Å². The Hall–Kier alpha value is -0.340. The second-order valence-corrected chi connectivity index (χ2v) is 2.83. The minimum absolute atomic E-state index is 0.0255. The number of halogens is 4. The molecule has 0 radical (unpaired) electrons. The van der Waals surface area contributed by atoms with E-state index in [0.717, 1.165) is 6.07 Å². The quantitative estimate of drug-likeness (QED) is 0.645. The van der Waals surface area contributed by atoms with E-state index in [9.17, 15) is 8.78 Å². The van der Waals surface area contributed by atoms with Gasteiger partial charge in [0.05, 0.1) is 5.02 Å². The van der Waals surface area contributed by atoms with Gasteiger partial charge < -0.3 is 0 Å². The molecule has 0 heterocycles. The van der Waals surface area contributed by atoms with Crippen LogP contribution in [-0.2, 0) is 6.67 Å². The third-order valence-electron chi connectivity index (χ3n) is 1.24. The first-order valence-electron chi connectivity index (χ1n) is 2.84. The van der Waals surface area contributed by atoms with Gasteiger partial charge in [0.15, 0.2) is 0 Å². The Balaban J connectivity index is 3.25. The highest BCUT2D eigenvalue weighted by molar-refractivity contribution is 6.35. The van der Waals surface area contributed by atoms with Crippen LogP contribution in [0.15, 0.2) is 12.1 Å². The van der Waals surface area contributed by atoms with Crippen molar-refractivity contribution in [3.8, 4) is 0 Å². The fourth-order valence-electron chi connectivity index (χ4n) is 0.700. The smallest absolute Gasteiger partial charge is 0.132 e. The maximum Gasteiger partial charge on any atom is 0.132 e. The number of rotatable bonds is 1.